The normalized spacial score (nSPS) is 11.8. The van der Waals surface area contributed by atoms with E-state index in [4.69, 9.17) is 0 Å². The number of carbonyl (C=O) groups excluding carboxylic acids is 2. The van der Waals surface area contributed by atoms with Crippen LogP contribution in [-0.2, 0) is 11.3 Å². The maximum absolute atomic E-state index is 12.8. The summed E-state index contributed by atoms with van der Waals surface area (Å²) < 4.78 is 2.88. The van der Waals surface area contributed by atoms with E-state index in [9.17, 15) is 9.59 Å². The Kier molecular flexibility index (Phi) is 9.06. The second kappa shape index (κ2) is 12.0. The largest absolute Gasteiger partial charge is 0.342 e. The van der Waals surface area contributed by atoms with Crippen LogP contribution in [-0.4, -0.2) is 32.3 Å². The van der Waals surface area contributed by atoms with Crippen molar-refractivity contribution >= 4 is 45.2 Å². The summed E-state index contributed by atoms with van der Waals surface area (Å²) in [6.07, 6.45) is 1.75. The summed E-state index contributed by atoms with van der Waals surface area (Å²) >= 11 is 4.76. The van der Waals surface area contributed by atoms with Crippen molar-refractivity contribution in [3.05, 3.63) is 82.6 Å². The van der Waals surface area contributed by atoms with E-state index < -0.39 is 0 Å². The summed E-state index contributed by atoms with van der Waals surface area (Å²) in [6.45, 7) is 10.3. The molecule has 3 aromatic rings. The Morgan fingerprint density at radius 3 is 2.56 bits per heavy atom. The molecule has 1 atom stereocenters. The van der Waals surface area contributed by atoms with E-state index >= 15 is 0 Å². The number of nitrogens with zero attached hydrogens (tertiary/aromatic N) is 3. The SMILES string of the molecule is C=CCn1c(SCC(=O)Nc2ccc(Br)c(C)c2)nnc1[C@H](NC(=O)c1ccccc1)C(C)C. The van der Waals surface area contributed by atoms with Gasteiger partial charge in [0.25, 0.3) is 5.91 Å². The molecule has 178 valence electrons. The molecule has 0 aliphatic carbocycles. The molecule has 0 unspecified atom stereocenters. The quantitative estimate of drug-likeness (QED) is 0.265. The molecular formula is C25H28BrN5O2S. The lowest BCUT2D eigenvalue weighted by Crippen LogP contribution is -2.33. The molecule has 34 heavy (non-hydrogen) atoms. The first-order valence-corrected chi connectivity index (χ1v) is 12.7. The van der Waals surface area contributed by atoms with Gasteiger partial charge in [-0.05, 0) is 48.7 Å². The van der Waals surface area contributed by atoms with Gasteiger partial charge in [0, 0.05) is 22.3 Å². The number of amides is 2. The van der Waals surface area contributed by atoms with Gasteiger partial charge < -0.3 is 15.2 Å². The Labute approximate surface area is 212 Å². The highest BCUT2D eigenvalue weighted by Gasteiger charge is 2.26. The number of nitrogens with one attached hydrogen (secondary N) is 2. The summed E-state index contributed by atoms with van der Waals surface area (Å²) in [5.41, 5.74) is 2.36. The zero-order valence-electron chi connectivity index (χ0n) is 19.4. The van der Waals surface area contributed by atoms with Crippen LogP contribution >= 0.6 is 27.7 Å². The van der Waals surface area contributed by atoms with Gasteiger partial charge in [-0.2, -0.15) is 0 Å². The van der Waals surface area contributed by atoms with Gasteiger partial charge in [-0.3, -0.25) is 9.59 Å². The molecule has 0 saturated heterocycles. The van der Waals surface area contributed by atoms with Crippen LogP contribution in [0.25, 0.3) is 0 Å². The third-order valence-electron chi connectivity index (χ3n) is 5.10. The third kappa shape index (κ3) is 6.57. The number of rotatable bonds is 10. The number of aryl methyl sites for hydroxylation is 1. The van der Waals surface area contributed by atoms with Crippen molar-refractivity contribution in [3.8, 4) is 0 Å². The number of halogens is 1. The van der Waals surface area contributed by atoms with Crippen molar-refractivity contribution in [1.82, 2.24) is 20.1 Å². The van der Waals surface area contributed by atoms with Crippen molar-refractivity contribution in [2.24, 2.45) is 5.92 Å². The minimum Gasteiger partial charge on any atom is -0.342 e. The second-order valence-electron chi connectivity index (χ2n) is 8.10. The molecule has 2 aromatic carbocycles. The lowest BCUT2D eigenvalue weighted by Gasteiger charge is -2.22. The first-order valence-electron chi connectivity index (χ1n) is 10.9. The van der Waals surface area contributed by atoms with Crippen LogP contribution in [0.15, 0.2) is 70.8 Å². The van der Waals surface area contributed by atoms with E-state index in [1.54, 1.807) is 18.2 Å². The van der Waals surface area contributed by atoms with Crippen molar-refractivity contribution < 1.29 is 9.59 Å². The smallest absolute Gasteiger partial charge is 0.251 e. The first-order chi connectivity index (χ1) is 16.3. The molecular weight excluding hydrogens is 514 g/mol. The molecule has 2 amide bonds. The van der Waals surface area contributed by atoms with E-state index in [0.29, 0.717) is 23.1 Å². The van der Waals surface area contributed by atoms with E-state index in [2.05, 4.69) is 43.3 Å². The molecule has 0 spiro atoms. The van der Waals surface area contributed by atoms with E-state index in [0.717, 1.165) is 15.7 Å². The van der Waals surface area contributed by atoms with Crippen LogP contribution in [0.5, 0.6) is 0 Å². The fourth-order valence-electron chi connectivity index (χ4n) is 3.33. The zero-order valence-corrected chi connectivity index (χ0v) is 21.8. The average molecular weight is 543 g/mol. The number of carbonyl (C=O) groups is 2. The summed E-state index contributed by atoms with van der Waals surface area (Å²) in [5.74, 6) is 0.561. The van der Waals surface area contributed by atoms with Crippen molar-refractivity contribution in [1.29, 1.82) is 0 Å². The lowest BCUT2D eigenvalue weighted by molar-refractivity contribution is -0.113. The summed E-state index contributed by atoms with van der Waals surface area (Å²) in [4.78, 5) is 25.3. The molecule has 9 heteroatoms. The minimum absolute atomic E-state index is 0.0715. The number of hydrogen-bond donors (Lipinski definition) is 2. The summed E-state index contributed by atoms with van der Waals surface area (Å²) in [5, 5.41) is 15.3. The standard InChI is InChI=1S/C25H28BrN5O2S/c1-5-13-31-23(22(16(2)3)28-24(33)18-9-7-6-8-10-18)29-30-25(31)34-15-21(32)27-19-11-12-20(26)17(4)14-19/h5-12,14,16,22H,1,13,15H2,2-4H3,(H,27,32)(H,28,33)/t22-/m1/s1. The Hall–Kier alpha value is -2.91. The fourth-order valence-corrected chi connectivity index (χ4v) is 4.33. The molecule has 0 bridgehead atoms. The van der Waals surface area contributed by atoms with E-state index in [1.807, 2.05) is 61.7 Å². The van der Waals surface area contributed by atoms with Gasteiger partial charge in [-0.1, -0.05) is 65.8 Å². The predicted octanol–water partition coefficient (Wildman–Crippen LogP) is 5.39. The summed E-state index contributed by atoms with van der Waals surface area (Å²) in [7, 11) is 0. The first kappa shape index (κ1) is 25.7. The number of hydrogen-bond acceptors (Lipinski definition) is 5. The average Bonchev–Trinajstić information content (AvgIpc) is 3.21. The third-order valence-corrected chi connectivity index (χ3v) is 6.96. The van der Waals surface area contributed by atoms with Crippen molar-refractivity contribution in [3.63, 3.8) is 0 Å². The highest BCUT2D eigenvalue weighted by Crippen LogP contribution is 2.26. The summed E-state index contributed by atoms with van der Waals surface area (Å²) in [6, 6.07) is 14.4. The Morgan fingerprint density at radius 2 is 1.91 bits per heavy atom. The molecule has 1 aromatic heterocycles. The molecule has 0 fully saturated rings. The second-order valence-corrected chi connectivity index (χ2v) is 9.90. The molecule has 0 radical (unpaired) electrons. The number of aromatic nitrogens is 3. The van der Waals surface area contributed by atoms with Gasteiger partial charge in [-0.25, -0.2) is 0 Å². The molecule has 1 heterocycles. The van der Waals surface area contributed by atoms with Crippen molar-refractivity contribution in [2.75, 3.05) is 11.1 Å². The molecule has 0 aliphatic heterocycles. The topological polar surface area (TPSA) is 88.9 Å². The molecule has 0 saturated carbocycles. The Morgan fingerprint density at radius 1 is 1.18 bits per heavy atom. The van der Waals surface area contributed by atoms with Crippen LogP contribution in [0.1, 0.15) is 41.6 Å². The number of allylic oxidation sites excluding steroid dienone is 1. The highest BCUT2D eigenvalue weighted by molar-refractivity contribution is 9.10. The maximum Gasteiger partial charge on any atom is 0.251 e. The van der Waals surface area contributed by atoms with E-state index in [-0.39, 0.29) is 29.5 Å². The molecule has 7 nitrogen and oxygen atoms in total. The number of thioether (sulfide) groups is 1. The van der Waals surface area contributed by atoms with Gasteiger partial charge in [0.1, 0.15) is 0 Å². The van der Waals surface area contributed by atoms with Crippen LogP contribution in [0, 0.1) is 12.8 Å². The van der Waals surface area contributed by atoms with E-state index in [1.165, 1.54) is 11.8 Å². The zero-order chi connectivity index (χ0) is 24.7. The van der Waals surface area contributed by atoms with Gasteiger partial charge >= 0.3 is 0 Å². The van der Waals surface area contributed by atoms with Crippen LogP contribution in [0.2, 0.25) is 0 Å². The lowest BCUT2D eigenvalue weighted by atomic mass is 10.0. The van der Waals surface area contributed by atoms with Crippen LogP contribution in [0.3, 0.4) is 0 Å². The monoisotopic (exact) mass is 541 g/mol. The maximum atomic E-state index is 12.8. The Bertz CT molecular complexity index is 1160. The van der Waals surface area contributed by atoms with Gasteiger partial charge in [-0.15, -0.1) is 16.8 Å². The molecule has 2 N–H and O–H groups in total. The Balaban J connectivity index is 1.74. The van der Waals surface area contributed by atoms with Gasteiger partial charge in [0.15, 0.2) is 11.0 Å². The molecule has 3 rings (SSSR count). The molecule has 0 aliphatic rings. The fraction of sp³-hybridized carbons (Fsp3) is 0.280. The van der Waals surface area contributed by atoms with Crippen molar-refractivity contribution in [2.45, 2.75) is 38.5 Å². The minimum atomic E-state index is -0.353. The highest BCUT2D eigenvalue weighted by atomic mass is 79.9. The van der Waals surface area contributed by atoms with Gasteiger partial charge in [0.05, 0.1) is 11.8 Å². The van der Waals surface area contributed by atoms with Crippen LogP contribution in [0.4, 0.5) is 5.69 Å². The number of benzene rings is 2. The van der Waals surface area contributed by atoms with Crippen LogP contribution < -0.4 is 10.6 Å². The van der Waals surface area contributed by atoms with Gasteiger partial charge in [0.2, 0.25) is 5.91 Å². The number of anilines is 1. The predicted molar refractivity (Wildman–Crippen MR) is 140 cm³/mol.